The summed E-state index contributed by atoms with van der Waals surface area (Å²) >= 11 is 5.59. The SMILES string of the molecule is COc1cccnc1NCCCCCCl. The Morgan fingerprint density at radius 1 is 1.40 bits per heavy atom. The average molecular weight is 229 g/mol. The molecule has 0 atom stereocenters. The molecule has 3 nitrogen and oxygen atoms in total. The molecule has 15 heavy (non-hydrogen) atoms. The van der Waals surface area contributed by atoms with Crippen LogP contribution in [0.5, 0.6) is 5.75 Å². The molecule has 0 aliphatic carbocycles. The van der Waals surface area contributed by atoms with Crippen molar-refractivity contribution in [2.24, 2.45) is 0 Å². The molecule has 1 aromatic rings. The number of nitrogens with zero attached hydrogens (tertiary/aromatic N) is 1. The number of unbranched alkanes of at least 4 members (excludes halogenated alkanes) is 2. The van der Waals surface area contributed by atoms with Gasteiger partial charge in [0, 0.05) is 18.6 Å². The first-order valence-corrected chi connectivity index (χ1v) is 5.70. The molecule has 1 heterocycles. The van der Waals surface area contributed by atoms with Crippen molar-refractivity contribution in [3.63, 3.8) is 0 Å². The molecule has 0 bridgehead atoms. The molecule has 0 unspecified atom stereocenters. The summed E-state index contributed by atoms with van der Waals surface area (Å²) in [6.07, 6.45) is 5.07. The molecule has 1 aromatic heterocycles. The molecule has 0 saturated carbocycles. The minimum absolute atomic E-state index is 0.743. The zero-order valence-corrected chi connectivity index (χ0v) is 9.76. The smallest absolute Gasteiger partial charge is 0.168 e. The lowest BCUT2D eigenvalue weighted by molar-refractivity contribution is 0.414. The van der Waals surface area contributed by atoms with Crippen molar-refractivity contribution in [1.29, 1.82) is 0 Å². The van der Waals surface area contributed by atoms with E-state index in [4.69, 9.17) is 16.3 Å². The third-order valence-electron chi connectivity index (χ3n) is 2.09. The van der Waals surface area contributed by atoms with Crippen LogP contribution in [-0.2, 0) is 0 Å². The maximum Gasteiger partial charge on any atom is 0.168 e. The van der Waals surface area contributed by atoms with E-state index in [1.54, 1.807) is 13.3 Å². The number of ether oxygens (including phenoxy) is 1. The second-order valence-electron chi connectivity index (χ2n) is 3.23. The topological polar surface area (TPSA) is 34.1 Å². The van der Waals surface area contributed by atoms with Crippen LogP contribution in [0.1, 0.15) is 19.3 Å². The second-order valence-corrected chi connectivity index (χ2v) is 3.61. The normalized spacial score (nSPS) is 10.0. The molecule has 0 radical (unpaired) electrons. The number of hydrogen-bond donors (Lipinski definition) is 1. The van der Waals surface area contributed by atoms with Gasteiger partial charge in [-0.1, -0.05) is 6.42 Å². The van der Waals surface area contributed by atoms with E-state index in [0.29, 0.717) is 0 Å². The molecule has 1 N–H and O–H groups in total. The highest BCUT2D eigenvalue weighted by atomic mass is 35.5. The van der Waals surface area contributed by atoms with Crippen LogP contribution in [-0.4, -0.2) is 24.5 Å². The Morgan fingerprint density at radius 2 is 2.27 bits per heavy atom. The van der Waals surface area contributed by atoms with E-state index in [1.165, 1.54) is 0 Å². The van der Waals surface area contributed by atoms with Crippen molar-refractivity contribution in [3.8, 4) is 5.75 Å². The highest BCUT2D eigenvalue weighted by Crippen LogP contribution is 2.19. The van der Waals surface area contributed by atoms with E-state index in [0.717, 1.165) is 43.3 Å². The third-order valence-corrected chi connectivity index (χ3v) is 2.36. The van der Waals surface area contributed by atoms with Gasteiger partial charge in [0.15, 0.2) is 11.6 Å². The van der Waals surface area contributed by atoms with Gasteiger partial charge in [-0.2, -0.15) is 0 Å². The largest absolute Gasteiger partial charge is 0.493 e. The summed E-state index contributed by atoms with van der Waals surface area (Å²) in [6, 6.07) is 3.76. The number of hydrogen-bond acceptors (Lipinski definition) is 3. The van der Waals surface area contributed by atoms with Crippen LogP contribution >= 0.6 is 11.6 Å². The molecule has 0 spiro atoms. The minimum atomic E-state index is 0.743. The number of methoxy groups -OCH3 is 1. The molecule has 0 fully saturated rings. The van der Waals surface area contributed by atoms with E-state index in [9.17, 15) is 0 Å². The zero-order chi connectivity index (χ0) is 10.9. The van der Waals surface area contributed by atoms with Gasteiger partial charge in [-0.05, 0) is 25.0 Å². The molecule has 0 aliphatic rings. The predicted molar refractivity (Wildman–Crippen MR) is 63.8 cm³/mol. The van der Waals surface area contributed by atoms with E-state index in [-0.39, 0.29) is 0 Å². The van der Waals surface area contributed by atoms with E-state index in [1.807, 2.05) is 12.1 Å². The van der Waals surface area contributed by atoms with Gasteiger partial charge in [-0.25, -0.2) is 4.98 Å². The van der Waals surface area contributed by atoms with Crippen LogP contribution in [0.2, 0.25) is 0 Å². The van der Waals surface area contributed by atoms with Gasteiger partial charge in [0.05, 0.1) is 7.11 Å². The van der Waals surface area contributed by atoms with Crippen LogP contribution in [0.4, 0.5) is 5.82 Å². The Balaban J connectivity index is 2.30. The minimum Gasteiger partial charge on any atom is -0.493 e. The Hall–Kier alpha value is -0.960. The van der Waals surface area contributed by atoms with E-state index >= 15 is 0 Å². The molecular formula is C11H17ClN2O. The van der Waals surface area contributed by atoms with Crippen molar-refractivity contribution in [3.05, 3.63) is 18.3 Å². The van der Waals surface area contributed by atoms with Crippen LogP contribution in [0.25, 0.3) is 0 Å². The van der Waals surface area contributed by atoms with E-state index < -0.39 is 0 Å². The van der Waals surface area contributed by atoms with Crippen molar-refractivity contribution in [2.75, 3.05) is 24.9 Å². The molecule has 84 valence electrons. The number of halogens is 1. The highest BCUT2D eigenvalue weighted by Gasteiger charge is 2.00. The highest BCUT2D eigenvalue weighted by molar-refractivity contribution is 6.17. The number of rotatable bonds is 7. The Labute approximate surface area is 95.8 Å². The van der Waals surface area contributed by atoms with Gasteiger partial charge in [-0.15, -0.1) is 11.6 Å². The third kappa shape index (κ3) is 4.38. The maximum atomic E-state index is 5.59. The summed E-state index contributed by atoms with van der Waals surface area (Å²) in [4.78, 5) is 4.21. The first-order chi connectivity index (χ1) is 7.38. The number of nitrogens with one attached hydrogen (secondary N) is 1. The van der Waals surface area contributed by atoms with Gasteiger partial charge in [0.2, 0.25) is 0 Å². The van der Waals surface area contributed by atoms with Gasteiger partial charge in [0.1, 0.15) is 0 Å². The summed E-state index contributed by atoms with van der Waals surface area (Å²) in [6.45, 7) is 0.907. The number of aromatic nitrogens is 1. The van der Waals surface area contributed by atoms with Crippen molar-refractivity contribution in [1.82, 2.24) is 4.98 Å². The fourth-order valence-corrected chi connectivity index (χ4v) is 1.48. The maximum absolute atomic E-state index is 5.59. The summed E-state index contributed by atoms with van der Waals surface area (Å²) in [5, 5.41) is 3.24. The average Bonchev–Trinajstić information content (AvgIpc) is 2.29. The fraction of sp³-hybridized carbons (Fsp3) is 0.545. The molecule has 0 aliphatic heterocycles. The standard InChI is InChI=1S/C11H17ClN2O/c1-15-10-6-5-9-14-11(10)13-8-4-2-3-7-12/h5-6,9H,2-4,7-8H2,1H3,(H,13,14). The van der Waals surface area contributed by atoms with E-state index in [2.05, 4.69) is 10.3 Å². The van der Waals surface area contributed by atoms with Crippen LogP contribution in [0.15, 0.2) is 18.3 Å². The van der Waals surface area contributed by atoms with Gasteiger partial charge < -0.3 is 10.1 Å². The van der Waals surface area contributed by atoms with Crippen LogP contribution < -0.4 is 10.1 Å². The lowest BCUT2D eigenvalue weighted by Gasteiger charge is -2.08. The van der Waals surface area contributed by atoms with Crippen molar-refractivity contribution in [2.45, 2.75) is 19.3 Å². The Bertz CT molecular complexity index is 281. The monoisotopic (exact) mass is 228 g/mol. The molecule has 1 rings (SSSR count). The predicted octanol–water partition coefficient (Wildman–Crippen LogP) is 2.91. The first kappa shape index (κ1) is 12.1. The summed E-state index contributed by atoms with van der Waals surface area (Å²) in [5.74, 6) is 2.34. The summed E-state index contributed by atoms with van der Waals surface area (Å²) < 4.78 is 5.18. The quantitative estimate of drug-likeness (QED) is 0.576. The fourth-order valence-electron chi connectivity index (χ4n) is 1.29. The van der Waals surface area contributed by atoms with Gasteiger partial charge in [0.25, 0.3) is 0 Å². The number of alkyl halides is 1. The molecule has 0 amide bonds. The number of pyridine rings is 1. The zero-order valence-electron chi connectivity index (χ0n) is 9.00. The van der Waals surface area contributed by atoms with Crippen molar-refractivity contribution < 1.29 is 4.74 Å². The van der Waals surface area contributed by atoms with Gasteiger partial charge >= 0.3 is 0 Å². The molecule has 0 saturated heterocycles. The Kier molecular flexibility index (Phi) is 5.93. The molecular weight excluding hydrogens is 212 g/mol. The van der Waals surface area contributed by atoms with Crippen LogP contribution in [0, 0.1) is 0 Å². The number of anilines is 1. The first-order valence-electron chi connectivity index (χ1n) is 5.17. The lowest BCUT2D eigenvalue weighted by atomic mass is 10.2. The lowest BCUT2D eigenvalue weighted by Crippen LogP contribution is -2.04. The molecule has 4 heteroatoms. The summed E-state index contributed by atoms with van der Waals surface area (Å²) in [5.41, 5.74) is 0. The van der Waals surface area contributed by atoms with Gasteiger partial charge in [-0.3, -0.25) is 0 Å². The Morgan fingerprint density at radius 3 is 3.00 bits per heavy atom. The van der Waals surface area contributed by atoms with Crippen molar-refractivity contribution >= 4 is 17.4 Å². The second kappa shape index (κ2) is 7.35. The van der Waals surface area contributed by atoms with Crippen LogP contribution in [0.3, 0.4) is 0 Å². The molecule has 0 aromatic carbocycles. The summed E-state index contributed by atoms with van der Waals surface area (Å²) in [7, 11) is 1.65.